The average molecular weight is 113 g/mol. The van der Waals surface area contributed by atoms with Gasteiger partial charge in [0.1, 0.15) is 0 Å². The second-order valence-electron chi connectivity index (χ2n) is 2.46. The summed E-state index contributed by atoms with van der Waals surface area (Å²) in [5, 5.41) is 9.06. The lowest BCUT2D eigenvalue weighted by Gasteiger charge is -2.01. The van der Waals surface area contributed by atoms with Crippen molar-refractivity contribution >= 4 is 0 Å². The van der Waals surface area contributed by atoms with Crippen LogP contribution < -0.4 is 0 Å². The van der Waals surface area contributed by atoms with E-state index >= 15 is 0 Å². The predicted octanol–water partition coefficient (Wildman–Crippen LogP) is 1.52. The molecule has 8 heavy (non-hydrogen) atoms. The lowest BCUT2D eigenvalue weighted by molar-refractivity contribution is 0.166. The Morgan fingerprint density at radius 2 is 2.25 bits per heavy atom. The van der Waals surface area contributed by atoms with Gasteiger partial charge >= 0.3 is 0 Å². The SMILES string of the molecule is OC1C[CH]CCCC1. The molecule has 0 bridgehead atoms. The van der Waals surface area contributed by atoms with E-state index in [-0.39, 0.29) is 6.10 Å². The maximum absolute atomic E-state index is 9.06. The first-order valence-electron chi connectivity index (χ1n) is 3.39. The van der Waals surface area contributed by atoms with Crippen LogP contribution in [0.1, 0.15) is 32.1 Å². The summed E-state index contributed by atoms with van der Waals surface area (Å²) in [6.45, 7) is 0. The highest BCUT2D eigenvalue weighted by Gasteiger charge is 2.06. The van der Waals surface area contributed by atoms with E-state index in [2.05, 4.69) is 6.42 Å². The summed E-state index contributed by atoms with van der Waals surface area (Å²) in [7, 11) is 0. The molecule has 0 spiro atoms. The number of hydrogen-bond acceptors (Lipinski definition) is 1. The average Bonchev–Trinajstić information content (AvgIpc) is 1.94. The Balaban J connectivity index is 2.17. The highest BCUT2D eigenvalue weighted by Crippen LogP contribution is 2.15. The quantitative estimate of drug-likeness (QED) is 0.472. The zero-order chi connectivity index (χ0) is 5.82. The minimum atomic E-state index is -0.0301. The van der Waals surface area contributed by atoms with E-state index in [1.807, 2.05) is 0 Å². The van der Waals surface area contributed by atoms with Gasteiger partial charge in [0.05, 0.1) is 6.10 Å². The number of rotatable bonds is 0. The molecule has 0 aromatic heterocycles. The summed E-state index contributed by atoms with van der Waals surface area (Å²) in [5.74, 6) is 0. The van der Waals surface area contributed by atoms with Gasteiger partial charge in [0, 0.05) is 0 Å². The van der Waals surface area contributed by atoms with Crippen LogP contribution in [0.5, 0.6) is 0 Å². The van der Waals surface area contributed by atoms with Crippen LogP contribution in [0.2, 0.25) is 0 Å². The Bertz CT molecular complexity index is 53.4. The van der Waals surface area contributed by atoms with Crippen LogP contribution in [0.3, 0.4) is 0 Å². The zero-order valence-electron chi connectivity index (χ0n) is 5.14. The van der Waals surface area contributed by atoms with Gasteiger partial charge in [0.2, 0.25) is 0 Å². The van der Waals surface area contributed by atoms with Crippen molar-refractivity contribution in [3.8, 4) is 0 Å². The maximum atomic E-state index is 9.06. The molecule has 1 aliphatic rings. The van der Waals surface area contributed by atoms with Crippen LogP contribution in [-0.2, 0) is 0 Å². The monoisotopic (exact) mass is 113 g/mol. The molecule has 0 aliphatic heterocycles. The molecular weight excluding hydrogens is 100 g/mol. The maximum Gasteiger partial charge on any atom is 0.0543 e. The molecule has 1 aliphatic carbocycles. The smallest absolute Gasteiger partial charge is 0.0543 e. The molecule has 0 aromatic carbocycles. The van der Waals surface area contributed by atoms with Gasteiger partial charge in [-0.15, -0.1) is 0 Å². The second-order valence-corrected chi connectivity index (χ2v) is 2.46. The van der Waals surface area contributed by atoms with Crippen molar-refractivity contribution in [3.63, 3.8) is 0 Å². The van der Waals surface area contributed by atoms with Gasteiger partial charge in [0.15, 0.2) is 0 Å². The fourth-order valence-corrected chi connectivity index (χ4v) is 1.10. The van der Waals surface area contributed by atoms with Gasteiger partial charge in [-0.05, 0) is 19.3 Å². The summed E-state index contributed by atoms with van der Waals surface area (Å²) in [4.78, 5) is 0. The molecule has 1 atom stereocenters. The van der Waals surface area contributed by atoms with Crippen molar-refractivity contribution < 1.29 is 5.11 Å². The third kappa shape index (κ3) is 1.83. The standard InChI is InChI=1S/C7H13O/c8-7-5-3-1-2-4-6-7/h3,7-8H,1-2,4-6H2. The number of aliphatic hydroxyl groups is 1. The summed E-state index contributed by atoms with van der Waals surface area (Å²) in [5.41, 5.74) is 0. The molecule has 1 saturated carbocycles. The Morgan fingerprint density at radius 3 is 3.12 bits per heavy atom. The molecule has 47 valence electrons. The van der Waals surface area contributed by atoms with Crippen LogP contribution in [0.4, 0.5) is 0 Å². The van der Waals surface area contributed by atoms with Gasteiger partial charge in [-0.1, -0.05) is 19.3 Å². The van der Waals surface area contributed by atoms with E-state index in [4.69, 9.17) is 5.11 Å². The molecule has 1 unspecified atom stereocenters. The minimum Gasteiger partial charge on any atom is -0.393 e. The first kappa shape index (κ1) is 6.09. The minimum absolute atomic E-state index is 0.0301. The van der Waals surface area contributed by atoms with Gasteiger partial charge < -0.3 is 5.11 Å². The highest BCUT2D eigenvalue weighted by molar-refractivity contribution is 4.74. The van der Waals surface area contributed by atoms with Crippen molar-refractivity contribution in [2.75, 3.05) is 0 Å². The van der Waals surface area contributed by atoms with E-state index in [1.54, 1.807) is 0 Å². The number of hydrogen-bond donors (Lipinski definition) is 1. The lowest BCUT2D eigenvalue weighted by Crippen LogP contribution is -2.02. The fourth-order valence-electron chi connectivity index (χ4n) is 1.10. The molecule has 0 saturated heterocycles. The van der Waals surface area contributed by atoms with Gasteiger partial charge in [-0.3, -0.25) is 0 Å². The zero-order valence-corrected chi connectivity index (χ0v) is 5.14. The van der Waals surface area contributed by atoms with Gasteiger partial charge in [-0.25, -0.2) is 0 Å². The third-order valence-electron chi connectivity index (χ3n) is 1.63. The molecule has 1 radical (unpaired) electrons. The molecule has 0 heterocycles. The molecule has 1 N–H and O–H groups in total. The topological polar surface area (TPSA) is 20.2 Å². The molecule has 1 fully saturated rings. The van der Waals surface area contributed by atoms with E-state index in [0.717, 1.165) is 12.8 Å². The summed E-state index contributed by atoms with van der Waals surface area (Å²) < 4.78 is 0. The van der Waals surface area contributed by atoms with Crippen LogP contribution >= 0.6 is 0 Å². The molecule has 1 nitrogen and oxygen atoms in total. The molecule has 0 amide bonds. The molecule has 0 aromatic rings. The van der Waals surface area contributed by atoms with Crippen molar-refractivity contribution in [2.24, 2.45) is 0 Å². The predicted molar refractivity (Wildman–Crippen MR) is 33.4 cm³/mol. The van der Waals surface area contributed by atoms with Gasteiger partial charge in [0.25, 0.3) is 0 Å². The van der Waals surface area contributed by atoms with Crippen molar-refractivity contribution in [3.05, 3.63) is 6.42 Å². The van der Waals surface area contributed by atoms with Crippen molar-refractivity contribution in [2.45, 2.75) is 38.2 Å². The lowest BCUT2D eigenvalue weighted by atomic mass is 10.2. The van der Waals surface area contributed by atoms with Crippen LogP contribution in [0, 0.1) is 6.42 Å². The fraction of sp³-hybridized carbons (Fsp3) is 0.857. The largest absolute Gasteiger partial charge is 0.393 e. The first-order valence-corrected chi connectivity index (χ1v) is 3.39. The van der Waals surface area contributed by atoms with Crippen LogP contribution in [-0.4, -0.2) is 11.2 Å². The first-order chi connectivity index (χ1) is 3.89. The Morgan fingerprint density at radius 1 is 1.38 bits per heavy atom. The normalized spacial score (nSPS) is 25.1. The second kappa shape index (κ2) is 3.08. The molecule has 1 rings (SSSR count). The van der Waals surface area contributed by atoms with Crippen LogP contribution in [0.25, 0.3) is 0 Å². The number of aliphatic hydroxyl groups excluding tert-OH is 1. The van der Waals surface area contributed by atoms with Gasteiger partial charge in [-0.2, -0.15) is 0 Å². The summed E-state index contributed by atoms with van der Waals surface area (Å²) in [6, 6.07) is 0. The summed E-state index contributed by atoms with van der Waals surface area (Å²) in [6.07, 6.45) is 7.78. The summed E-state index contributed by atoms with van der Waals surface area (Å²) >= 11 is 0. The molecule has 1 heteroatoms. The van der Waals surface area contributed by atoms with E-state index in [0.29, 0.717) is 0 Å². The highest BCUT2D eigenvalue weighted by atomic mass is 16.3. The van der Waals surface area contributed by atoms with Crippen molar-refractivity contribution in [1.82, 2.24) is 0 Å². The third-order valence-corrected chi connectivity index (χ3v) is 1.63. The van der Waals surface area contributed by atoms with E-state index in [1.165, 1.54) is 19.3 Å². The Labute approximate surface area is 50.7 Å². The Kier molecular flexibility index (Phi) is 2.34. The molecular formula is C7H13O. The van der Waals surface area contributed by atoms with Crippen molar-refractivity contribution in [1.29, 1.82) is 0 Å². The van der Waals surface area contributed by atoms with E-state index in [9.17, 15) is 0 Å². The Hall–Kier alpha value is -0.0400. The van der Waals surface area contributed by atoms with E-state index < -0.39 is 0 Å². The van der Waals surface area contributed by atoms with Crippen LogP contribution in [0.15, 0.2) is 0 Å².